The Morgan fingerprint density at radius 3 is 2.85 bits per heavy atom. The summed E-state index contributed by atoms with van der Waals surface area (Å²) in [5, 5.41) is 4.02. The number of pyridine rings is 1. The van der Waals surface area contributed by atoms with Gasteiger partial charge in [0.05, 0.1) is 23.6 Å². The average Bonchev–Trinajstić information content (AvgIpc) is 2.53. The lowest BCUT2D eigenvalue weighted by Gasteiger charge is -2.07. The second-order valence-corrected chi connectivity index (χ2v) is 4.29. The molecule has 0 saturated heterocycles. The molecule has 0 aliphatic carbocycles. The zero-order chi connectivity index (χ0) is 13.8. The molecule has 3 rings (SSSR count). The first kappa shape index (κ1) is 12.3. The molecule has 2 heterocycles. The maximum atomic E-state index is 5.71. The van der Waals surface area contributed by atoms with Crippen molar-refractivity contribution in [3.05, 3.63) is 54.6 Å². The van der Waals surface area contributed by atoms with Gasteiger partial charge in [0.15, 0.2) is 0 Å². The minimum Gasteiger partial charge on any atom is -0.487 e. The summed E-state index contributed by atoms with van der Waals surface area (Å²) in [6.45, 7) is 0.384. The number of nitrogens with one attached hydrogen (secondary N) is 1. The van der Waals surface area contributed by atoms with Crippen LogP contribution < -0.4 is 10.1 Å². The van der Waals surface area contributed by atoms with Crippen molar-refractivity contribution in [3.8, 4) is 5.75 Å². The fourth-order valence-corrected chi connectivity index (χ4v) is 1.85. The number of aromatic nitrogens is 3. The van der Waals surface area contributed by atoms with Gasteiger partial charge in [-0.2, -0.15) is 0 Å². The van der Waals surface area contributed by atoms with E-state index in [1.807, 2.05) is 37.4 Å². The van der Waals surface area contributed by atoms with E-state index in [2.05, 4.69) is 20.3 Å². The van der Waals surface area contributed by atoms with Gasteiger partial charge < -0.3 is 10.1 Å². The zero-order valence-corrected chi connectivity index (χ0v) is 11.1. The summed E-state index contributed by atoms with van der Waals surface area (Å²) in [4.78, 5) is 12.8. The van der Waals surface area contributed by atoms with E-state index in [-0.39, 0.29) is 0 Å². The van der Waals surface area contributed by atoms with E-state index in [1.165, 1.54) is 0 Å². The van der Waals surface area contributed by atoms with Crippen LogP contribution in [0.2, 0.25) is 0 Å². The molecule has 0 radical (unpaired) electrons. The molecule has 20 heavy (non-hydrogen) atoms. The van der Waals surface area contributed by atoms with Crippen molar-refractivity contribution in [2.24, 2.45) is 0 Å². The molecule has 0 bridgehead atoms. The second kappa shape index (κ2) is 5.52. The van der Waals surface area contributed by atoms with E-state index in [0.717, 1.165) is 28.2 Å². The predicted molar refractivity (Wildman–Crippen MR) is 77.7 cm³/mol. The van der Waals surface area contributed by atoms with Crippen LogP contribution in [0, 0.1) is 0 Å². The van der Waals surface area contributed by atoms with Crippen LogP contribution in [0.5, 0.6) is 5.75 Å². The molecule has 3 aromatic rings. The predicted octanol–water partition coefficient (Wildman–Crippen LogP) is 2.65. The molecule has 100 valence electrons. The monoisotopic (exact) mass is 266 g/mol. The van der Waals surface area contributed by atoms with E-state index in [9.17, 15) is 0 Å². The molecule has 0 fully saturated rings. The van der Waals surface area contributed by atoms with Crippen LogP contribution in [0.3, 0.4) is 0 Å². The Bertz CT molecular complexity index is 712. The van der Waals surface area contributed by atoms with Crippen LogP contribution in [0.25, 0.3) is 10.9 Å². The first-order chi connectivity index (χ1) is 9.85. The molecule has 0 atom stereocenters. The standard InChI is InChI=1S/C15H14N4O/c1-16-15-9-18-12(8-19-15)10-20-13-5-4-11-3-2-6-17-14(11)7-13/h2-9H,10H2,1H3,(H,16,19). The van der Waals surface area contributed by atoms with Crippen molar-refractivity contribution in [2.45, 2.75) is 6.61 Å². The fourth-order valence-electron chi connectivity index (χ4n) is 1.85. The second-order valence-electron chi connectivity index (χ2n) is 4.29. The van der Waals surface area contributed by atoms with Gasteiger partial charge in [-0.05, 0) is 18.2 Å². The van der Waals surface area contributed by atoms with Crippen LogP contribution in [-0.4, -0.2) is 22.0 Å². The smallest absolute Gasteiger partial charge is 0.144 e. The first-order valence-corrected chi connectivity index (χ1v) is 6.31. The third kappa shape index (κ3) is 2.66. The summed E-state index contributed by atoms with van der Waals surface area (Å²) in [7, 11) is 1.81. The Labute approximate surface area is 116 Å². The highest BCUT2D eigenvalue weighted by Crippen LogP contribution is 2.19. The van der Waals surface area contributed by atoms with Gasteiger partial charge >= 0.3 is 0 Å². The highest BCUT2D eigenvalue weighted by molar-refractivity contribution is 5.79. The molecule has 5 heteroatoms. The molecule has 0 aliphatic rings. The topological polar surface area (TPSA) is 59.9 Å². The quantitative estimate of drug-likeness (QED) is 0.786. The number of nitrogens with zero attached hydrogens (tertiary/aromatic N) is 3. The van der Waals surface area contributed by atoms with Crippen molar-refractivity contribution in [1.82, 2.24) is 15.0 Å². The lowest BCUT2D eigenvalue weighted by molar-refractivity contribution is 0.301. The maximum Gasteiger partial charge on any atom is 0.144 e. The fraction of sp³-hybridized carbons (Fsp3) is 0.133. The third-order valence-electron chi connectivity index (χ3n) is 2.93. The molecule has 0 spiro atoms. The summed E-state index contributed by atoms with van der Waals surface area (Å²) in [5.41, 5.74) is 1.70. The van der Waals surface area contributed by atoms with Crippen LogP contribution in [0.1, 0.15) is 5.69 Å². The molecular formula is C15H14N4O. The van der Waals surface area contributed by atoms with E-state index in [1.54, 1.807) is 18.6 Å². The van der Waals surface area contributed by atoms with Crippen molar-refractivity contribution < 1.29 is 4.74 Å². The minimum absolute atomic E-state index is 0.384. The average molecular weight is 266 g/mol. The maximum absolute atomic E-state index is 5.71. The van der Waals surface area contributed by atoms with E-state index in [0.29, 0.717) is 6.61 Å². The molecule has 1 N–H and O–H groups in total. The Morgan fingerprint density at radius 1 is 1.10 bits per heavy atom. The van der Waals surface area contributed by atoms with Crippen LogP contribution in [0.15, 0.2) is 48.9 Å². The summed E-state index contributed by atoms with van der Waals surface area (Å²) >= 11 is 0. The number of fused-ring (bicyclic) bond motifs is 1. The Hall–Kier alpha value is -2.69. The summed E-state index contributed by atoms with van der Waals surface area (Å²) in [6, 6.07) is 9.79. The van der Waals surface area contributed by atoms with E-state index in [4.69, 9.17) is 4.74 Å². The number of benzene rings is 1. The van der Waals surface area contributed by atoms with Crippen LogP contribution in [0.4, 0.5) is 5.82 Å². The third-order valence-corrected chi connectivity index (χ3v) is 2.93. The number of hydrogen-bond donors (Lipinski definition) is 1. The van der Waals surface area contributed by atoms with Gasteiger partial charge in [-0.15, -0.1) is 0 Å². The van der Waals surface area contributed by atoms with Crippen molar-refractivity contribution in [3.63, 3.8) is 0 Å². The van der Waals surface area contributed by atoms with Crippen LogP contribution in [-0.2, 0) is 6.61 Å². The van der Waals surface area contributed by atoms with Gasteiger partial charge in [0.25, 0.3) is 0 Å². The zero-order valence-electron chi connectivity index (χ0n) is 11.1. The minimum atomic E-state index is 0.384. The van der Waals surface area contributed by atoms with Crippen molar-refractivity contribution in [2.75, 3.05) is 12.4 Å². The highest BCUT2D eigenvalue weighted by Gasteiger charge is 2.00. The molecular weight excluding hydrogens is 252 g/mol. The number of rotatable bonds is 4. The number of anilines is 1. The normalized spacial score (nSPS) is 10.4. The Morgan fingerprint density at radius 2 is 2.05 bits per heavy atom. The van der Waals surface area contributed by atoms with Gasteiger partial charge in [-0.1, -0.05) is 6.07 Å². The van der Waals surface area contributed by atoms with Crippen molar-refractivity contribution in [1.29, 1.82) is 0 Å². The Kier molecular flexibility index (Phi) is 3.41. The van der Waals surface area contributed by atoms with Gasteiger partial charge in [0, 0.05) is 24.7 Å². The largest absolute Gasteiger partial charge is 0.487 e. The molecule has 0 aliphatic heterocycles. The highest BCUT2D eigenvalue weighted by atomic mass is 16.5. The molecule has 5 nitrogen and oxygen atoms in total. The molecule has 0 saturated carbocycles. The van der Waals surface area contributed by atoms with E-state index < -0.39 is 0 Å². The molecule has 0 unspecified atom stereocenters. The molecule has 0 amide bonds. The van der Waals surface area contributed by atoms with Gasteiger partial charge in [0.2, 0.25) is 0 Å². The van der Waals surface area contributed by atoms with E-state index >= 15 is 0 Å². The number of ether oxygens (including phenoxy) is 1. The molecule has 2 aromatic heterocycles. The van der Waals surface area contributed by atoms with Gasteiger partial charge in [-0.3, -0.25) is 9.97 Å². The Balaban J connectivity index is 1.72. The van der Waals surface area contributed by atoms with Gasteiger partial charge in [-0.25, -0.2) is 4.98 Å². The SMILES string of the molecule is CNc1cnc(COc2ccc3cccnc3c2)cn1. The lowest BCUT2D eigenvalue weighted by atomic mass is 10.2. The van der Waals surface area contributed by atoms with Crippen molar-refractivity contribution >= 4 is 16.7 Å². The molecule has 1 aromatic carbocycles. The lowest BCUT2D eigenvalue weighted by Crippen LogP contribution is -2.01. The van der Waals surface area contributed by atoms with Gasteiger partial charge in [0.1, 0.15) is 18.2 Å². The summed E-state index contributed by atoms with van der Waals surface area (Å²) in [5.74, 6) is 1.51. The summed E-state index contributed by atoms with van der Waals surface area (Å²) < 4.78 is 5.71. The van der Waals surface area contributed by atoms with Crippen LogP contribution >= 0.6 is 0 Å². The first-order valence-electron chi connectivity index (χ1n) is 6.31. The summed E-state index contributed by atoms with van der Waals surface area (Å²) in [6.07, 6.45) is 5.15. The number of hydrogen-bond acceptors (Lipinski definition) is 5.